The highest BCUT2D eigenvalue weighted by atomic mass is 16.6. The van der Waals surface area contributed by atoms with Gasteiger partial charge in [0.2, 0.25) is 5.91 Å². The van der Waals surface area contributed by atoms with Crippen molar-refractivity contribution >= 4 is 17.5 Å². The van der Waals surface area contributed by atoms with E-state index in [-0.39, 0.29) is 30.7 Å². The van der Waals surface area contributed by atoms with Crippen LogP contribution >= 0.6 is 0 Å². The normalized spacial score (nSPS) is 10.0. The molecule has 0 radical (unpaired) electrons. The number of ether oxygens (including phenoxy) is 1. The van der Waals surface area contributed by atoms with Gasteiger partial charge in [0, 0.05) is 32.3 Å². The van der Waals surface area contributed by atoms with Crippen LogP contribution in [-0.2, 0) is 9.59 Å². The maximum absolute atomic E-state index is 11.9. The van der Waals surface area contributed by atoms with Gasteiger partial charge in [-0.05, 0) is 26.0 Å². The second-order valence-electron chi connectivity index (χ2n) is 4.86. The Kier molecular flexibility index (Phi) is 6.98. The number of hydrogen-bond donors (Lipinski definition) is 0. The SMILES string of the molecule is CCN(CC)C(=O)CN(C)C(=O)COc1ccc([N+](=O)[O-])cc1. The highest BCUT2D eigenvalue weighted by Crippen LogP contribution is 2.17. The largest absolute Gasteiger partial charge is 0.484 e. The van der Waals surface area contributed by atoms with Crippen molar-refractivity contribution < 1.29 is 19.2 Å². The van der Waals surface area contributed by atoms with E-state index in [9.17, 15) is 19.7 Å². The molecule has 2 amide bonds. The Morgan fingerprint density at radius 2 is 1.70 bits per heavy atom. The molecule has 0 bridgehead atoms. The Labute approximate surface area is 134 Å². The molecule has 8 heteroatoms. The number of nitrogens with zero attached hydrogens (tertiary/aromatic N) is 3. The third-order valence-corrected chi connectivity index (χ3v) is 3.32. The van der Waals surface area contributed by atoms with Crippen molar-refractivity contribution in [2.24, 2.45) is 0 Å². The van der Waals surface area contributed by atoms with Gasteiger partial charge in [0.25, 0.3) is 11.6 Å². The van der Waals surface area contributed by atoms with Gasteiger partial charge in [0.15, 0.2) is 6.61 Å². The molecular weight excluding hydrogens is 302 g/mol. The number of rotatable bonds is 8. The molecule has 0 saturated heterocycles. The molecule has 0 fully saturated rings. The van der Waals surface area contributed by atoms with Gasteiger partial charge in [-0.2, -0.15) is 0 Å². The summed E-state index contributed by atoms with van der Waals surface area (Å²) in [6, 6.07) is 5.44. The molecule has 0 heterocycles. The first-order valence-corrected chi connectivity index (χ1v) is 7.28. The molecule has 0 spiro atoms. The van der Waals surface area contributed by atoms with E-state index < -0.39 is 4.92 Å². The minimum Gasteiger partial charge on any atom is -0.484 e. The minimum atomic E-state index is -0.512. The van der Waals surface area contributed by atoms with Gasteiger partial charge in [-0.3, -0.25) is 19.7 Å². The first-order valence-electron chi connectivity index (χ1n) is 7.28. The molecule has 0 aliphatic carbocycles. The van der Waals surface area contributed by atoms with Crippen LogP contribution in [-0.4, -0.2) is 59.8 Å². The molecule has 23 heavy (non-hydrogen) atoms. The highest BCUT2D eigenvalue weighted by molar-refractivity contribution is 5.85. The number of carbonyl (C=O) groups excluding carboxylic acids is 2. The Bertz CT molecular complexity index is 555. The fraction of sp³-hybridized carbons (Fsp3) is 0.467. The Hall–Kier alpha value is -2.64. The van der Waals surface area contributed by atoms with Crippen LogP contribution < -0.4 is 4.74 Å². The van der Waals surface area contributed by atoms with E-state index in [2.05, 4.69) is 0 Å². The lowest BCUT2D eigenvalue weighted by atomic mass is 10.3. The average molecular weight is 323 g/mol. The second-order valence-corrected chi connectivity index (χ2v) is 4.86. The summed E-state index contributed by atoms with van der Waals surface area (Å²) < 4.78 is 5.28. The predicted molar refractivity (Wildman–Crippen MR) is 84.2 cm³/mol. The molecule has 0 aliphatic heterocycles. The van der Waals surface area contributed by atoms with Crippen molar-refractivity contribution in [3.63, 3.8) is 0 Å². The zero-order valence-corrected chi connectivity index (χ0v) is 13.5. The number of nitro groups is 1. The van der Waals surface area contributed by atoms with Crippen molar-refractivity contribution in [3.8, 4) is 5.75 Å². The topological polar surface area (TPSA) is 93.0 Å². The second kappa shape index (κ2) is 8.72. The first kappa shape index (κ1) is 18.4. The molecule has 0 atom stereocenters. The van der Waals surface area contributed by atoms with Gasteiger partial charge < -0.3 is 14.5 Å². The van der Waals surface area contributed by atoms with Crippen molar-refractivity contribution in [2.75, 3.05) is 33.3 Å². The summed E-state index contributed by atoms with van der Waals surface area (Å²) in [5.74, 6) is -0.113. The van der Waals surface area contributed by atoms with Crippen LogP contribution in [0.3, 0.4) is 0 Å². The van der Waals surface area contributed by atoms with E-state index in [4.69, 9.17) is 4.74 Å². The number of benzene rings is 1. The number of carbonyl (C=O) groups is 2. The summed E-state index contributed by atoms with van der Waals surface area (Å²) in [7, 11) is 1.53. The Morgan fingerprint density at radius 1 is 1.13 bits per heavy atom. The first-order chi connectivity index (χ1) is 10.9. The van der Waals surface area contributed by atoms with E-state index >= 15 is 0 Å². The van der Waals surface area contributed by atoms with Crippen LogP contribution in [0.5, 0.6) is 5.75 Å². The number of non-ortho nitro benzene ring substituents is 1. The number of nitro benzene ring substituents is 1. The molecule has 1 rings (SSSR count). The zero-order valence-electron chi connectivity index (χ0n) is 13.5. The molecule has 0 saturated carbocycles. The lowest BCUT2D eigenvalue weighted by Crippen LogP contribution is -2.42. The molecule has 1 aromatic rings. The molecule has 0 N–H and O–H groups in total. The highest BCUT2D eigenvalue weighted by Gasteiger charge is 2.17. The fourth-order valence-corrected chi connectivity index (χ4v) is 1.89. The van der Waals surface area contributed by atoms with E-state index in [1.54, 1.807) is 4.90 Å². The van der Waals surface area contributed by atoms with Crippen LogP contribution in [0.4, 0.5) is 5.69 Å². The third kappa shape index (κ3) is 5.57. The molecule has 0 aliphatic rings. The van der Waals surface area contributed by atoms with Crippen molar-refractivity contribution in [1.82, 2.24) is 9.80 Å². The molecular formula is C15H21N3O5. The maximum Gasteiger partial charge on any atom is 0.269 e. The van der Waals surface area contributed by atoms with E-state index in [1.165, 1.54) is 36.2 Å². The summed E-state index contributed by atoms with van der Waals surface area (Å²) in [6.07, 6.45) is 0. The molecule has 8 nitrogen and oxygen atoms in total. The van der Waals surface area contributed by atoms with Gasteiger partial charge in [-0.1, -0.05) is 0 Å². The quantitative estimate of drug-likeness (QED) is 0.531. The molecule has 0 aromatic heterocycles. The van der Waals surface area contributed by atoms with Crippen LogP contribution in [0.2, 0.25) is 0 Å². The Morgan fingerprint density at radius 3 is 2.17 bits per heavy atom. The Balaban J connectivity index is 2.49. The van der Waals surface area contributed by atoms with Gasteiger partial charge in [-0.15, -0.1) is 0 Å². The van der Waals surface area contributed by atoms with Gasteiger partial charge in [-0.25, -0.2) is 0 Å². The minimum absolute atomic E-state index is 0.00979. The molecule has 1 aromatic carbocycles. The fourth-order valence-electron chi connectivity index (χ4n) is 1.89. The van der Waals surface area contributed by atoms with Crippen LogP contribution in [0, 0.1) is 10.1 Å². The van der Waals surface area contributed by atoms with Gasteiger partial charge in [0.05, 0.1) is 11.5 Å². The van der Waals surface area contributed by atoms with E-state index in [0.29, 0.717) is 18.8 Å². The number of amides is 2. The van der Waals surface area contributed by atoms with Gasteiger partial charge in [0.1, 0.15) is 5.75 Å². The average Bonchev–Trinajstić information content (AvgIpc) is 2.53. The van der Waals surface area contributed by atoms with Crippen molar-refractivity contribution in [2.45, 2.75) is 13.8 Å². The van der Waals surface area contributed by atoms with Crippen molar-refractivity contribution in [1.29, 1.82) is 0 Å². The van der Waals surface area contributed by atoms with Gasteiger partial charge >= 0.3 is 0 Å². The summed E-state index contributed by atoms with van der Waals surface area (Å²) in [5.41, 5.74) is -0.0504. The maximum atomic E-state index is 11.9. The summed E-state index contributed by atoms with van der Waals surface area (Å²) >= 11 is 0. The lowest BCUT2D eigenvalue weighted by Gasteiger charge is -2.23. The zero-order chi connectivity index (χ0) is 17.4. The van der Waals surface area contributed by atoms with Crippen LogP contribution in [0.15, 0.2) is 24.3 Å². The number of hydrogen-bond acceptors (Lipinski definition) is 5. The van der Waals surface area contributed by atoms with Crippen molar-refractivity contribution in [3.05, 3.63) is 34.4 Å². The summed E-state index contributed by atoms with van der Waals surface area (Å²) in [6.45, 7) is 4.69. The standard InChI is InChI=1S/C15H21N3O5/c1-4-17(5-2)14(19)10-16(3)15(20)11-23-13-8-6-12(7-9-13)18(21)22/h6-9H,4-5,10-11H2,1-3H3. The molecule has 0 unspecified atom stereocenters. The van der Waals surface area contributed by atoms with Crippen LogP contribution in [0.1, 0.15) is 13.8 Å². The summed E-state index contributed by atoms with van der Waals surface area (Å²) in [4.78, 5) is 36.8. The smallest absolute Gasteiger partial charge is 0.269 e. The number of likely N-dealkylation sites (N-methyl/N-ethyl adjacent to an activating group) is 2. The molecule has 126 valence electrons. The summed E-state index contributed by atoms with van der Waals surface area (Å²) in [5, 5.41) is 10.5. The van der Waals surface area contributed by atoms with Crippen LogP contribution in [0.25, 0.3) is 0 Å². The lowest BCUT2D eigenvalue weighted by molar-refractivity contribution is -0.384. The van der Waals surface area contributed by atoms with E-state index in [0.717, 1.165) is 0 Å². The monoisotopic (exact) mass is 323 g/mol. The third-order valence-electron chi connectivity index (χ3n) is 3.32. The van der Waals surface area contributed by atoms with E-state index in [1.807, 2.05) is 13.8 Å². The predicted octanol–water partition coefficient (Wildman–Crippen LogP) is 1.30.